The number of amides is 1. The van der Waals surface area contributed by atoms with Crippen molar-refractivity contribution in [3.63, 3.8) is 0 Å². The zero-order chi connectivity index (χ0) is 24.2. The van der Waals surface area contributed by atoms with Crippen LogP contribution in [0.4, 0.5) is 5.00 Å². The van der Waals surface area contributed by atoms with Crippen LogP contribution in [0.5, 0.6) is 0 Å². The molecule has 4 rings (SSSR count). The molecule has 0 unspecified atom stereocenters. The monoisotopic (exact) mass is 560 g/mol. The number of nitrogens with one attached hydrogen (secondary N) is 1. The van der Waals surface area contributed by atoms with Crippen molar-refractivity contribution in [1.29, 1.82) is 0 Å². The molecule has 0 fully saturated rings. The number of furan rings is 1. The number of halogens is 1. The fraction of sp³-hybridized carbons (Fsp3) is 0.217. The lowest BCUT2D eigenvalue weighted by molar-refractivity contribution is -0.113. The Morgan fingerprint density at radius 1 is 1.21 bits per heavy atom. The quantitative estimate of drug-likeness (QED) is 0.212. The molecule has 8 nitrogen and oxygen atoms in total. The summed E-state index contributed by atoms with van der Waals surface area (Å²) in [5, 5.41) is 14.2. The number of hydrogen-bond acceptors (Lipinski definition) is 8. The molecule has 0 aliphatic rings. The van der Waals surface area contributed by atoms with Crippen molar-refractivity contribution in [2.24, 2.45) is 0 Å². The van der Waals surface area contributed by atoms with Crippen LogP contribution in [0.2, 0.25) is 0 Å². The van der Waals surface area contributed by atoms with Gasteiger partial charge in [-0.25, -0.2) is 4.79 Å². The number of carbonyl (C=O) groups excluding carboxylic acids is 2. The minimum atomic E-state index is -0.500. The molecular weight excluding hydrogens is 540 g/mol. The molecular formula is C23H21BrN4O4S2. The Kier molecular flexibility index (Phi) is 7.54. The van der Waals surface area contributed by atoms with Crippen LogP contribution >= 0.6 is 39.0 Å². The van der Waals surface area contributed by atoms with Crippen LogP contribution in [0.1, 0.15) is 22.8 Å². The van der Waals surface area contributed by atoms with Gasteiger partial charge >= 0.3 is 5.97 Å². The summed E-state index contributed by atoms with van der Waals surface area (Å²) in [5.74, 6) is 0.506. The zero-order valence-electron chi connectivity index (χ0n) is 18.6. The predicted octanol–water partition coefficient (Wildman–Crippen LogP) is 5.87. The van der Waals surface area contributed by atoms with E-state index in [0.29, 0.717) is 38.5 Å². The summed E-state index contributed by atoms with van der Waals surface area (Å²) in [6.07, 6.45) is 0. The van der Waals surface area contributed by atoms with Crippen molar-refractivity contribution in [3.8, 4) is 22.7 Å². The van der Waals surface area contributed by atoms with Crippen LogP contribution in [0, 0.1) is 6.92 Å². The van der Waals surface area contributed by atoms with E-state index < -0.39 is 5.97 Å². The number of thiophene rings is 1. The summed E-state index contributed by atoms with van der Waals surface area (Å²) in [7, 11) is 1.33. The third kappa shape index (κ3) is 5.11. The van der Waals surface area contributed by atoms with Gasteiger partial charge in [0.05, 0.1) is 12.9 Å². The van der Waals surface area contributed by atoms with Gasteiger partial charge in [-0.3, -0.25) is 9.36 Å². The second-order valence-electron chi connectivity index (χ2n) is 7.20. The molecule has 1 amide bonds. The van der Waals surface area contributed by atoms with Gasteiger partial charge in [-0.15, -0.1) is 21.5 Å². The molecule has 1 aromatic carbocycles. The van der Waals surface area contributed by atoms with Gasteiger partial charge in [0, 0.05) is 17.5 Å². The average Bonchev–Trinajstić information content (AvgIpc) is 3.55. The minimum absolute atomic E-state index is 0.0956. The van der Waals surface area contributed by atoms with E-state index in [9.17, 15) is 9.59 Å². The Labute approximate surface area is 212 Å². The number of ether oxygens (including phenoxy) is 1. The first-order valence-electron chi connectivity index (χ1n) is 10.3. The molecule has 3 heterocycles. The Hall–Kier alpha value is -2.89. The highest BCUT2D eigenvalue weighted by atomic mass is 79.9. The number of hydrogen-bond donors (Lipinski definition) is 1. The normalized spacial score (nSPS) is 10.9. The van der Waals surface area contributed by atoms with Crippen molar-refractivity contribution >= 4 is 55.9 Å². The van der Waals surface area contributed by atoms with Crippen LogP contribution in [-0.2, 0) is 16.1 Å². The number of anilines is 1. The van der Waals surface area contributed by atoms with E-state index in [1.54, 1.807) is 12.1 Å². The van der Waals surface area contributed by atoms with Gasteiger partial charge < -0.3 is 14.5 Å². The highest BCUT2D eigenvalue weighted by Crippen LogP contribution is 2.36. The minimum Gasteiger partial charge on any atom is -0.465 e. The molecule has 0 aliphatic heterocycles. The predicted molar refractivity (Wildman–Crippen MR) is 136 cm³/mol. The second kappa shape index (κ2) is 10.6. The van der Waals surface area contributed by atoms with Crippen LogP contribution in [0.25, 0.3) is 22.7 Å². The largest absolute Gasteiger partial charge is 0.465 e. The number of aromatic nitrogens is 3. The molecule has 34 heavy (non-hydrogen) atoms. The fourth-order valence-corrected chi connectivity index (χ4v) is 5.37. The molecule has 176 valence electrons. The highest BCUT2D eigenvalue weighted by Gasteiger charge is 2.23. The summed E-state index contributed by atoms with van der Waals surface area (Å²) in [6.45, 7) is 4.58. The first kappa shape index (κ1) is 24.2. The van der Waals surface area contributed by atoms with E-state index in [-0.39, 0.29) is 11.7 Å². The summed E-state index contributed by atoms with van der Waals surface area (Å²) >= 11 is 5.84. The van der Waals surface area contributed by atoms with Gasteiger partial charge in [0.2, 0.25) is 11.7 Å². The maximum atomic E-state index is 12.8. The maximum Gasteiger partial charge on any atom is 0.341 e. The molecule has 0 saturated heterocycles. The van der Waals surface area contributed by atoms with Crippen molar-refractivity contribution in [2.45, 2.75) is 25.5 Å². The first-order chi connectivity index (χ1) is 16.4. The summed E-state index contributed by atoms with van der Waals surface area (Å²) in [4.78, 5) is 25.3. The fourth-order valence-electron chi connectivity index (χ4n) is 3.29. The van der Waals surface area contributed by atoms with Crippen LogP contribution < -0.4 is 5.32 Å². The van der Waals surface area contributed by atoms with Crippen molar-refractivity contribution in [2.75, 3.05) is 18.2 Å². The molecule has 0 bridgehead atoms. The number of aryl methyl sites for hydroxylation is 1. The highest BCUT2D eigenvalue weighted by molar-refractivity contribution is 9.10. The van der Waals surface area contributed by atoms with Gasteiger partial charge in [-0.2, -0.15) is 0 Å². The standard InChI is InChI=1S/C23H21BrN4O4S2/c1-4-28-20(16-9-10-17(24)32-16)26-27-23(28)34-12-18(29)25-21-19(22(30)31-3)15(11-33-21)14-7-5-13(2)6-8-14/h5-11H,4,12H2,1-3H3,(H,25,29). The number of nitrogens with zero attached hydrogens (tertiary/aromatic N) is 3. The Balaban J connectivity index is 1.50. The third-order valence-electron chi connectivity index (χ3n) is 4.96. The first-order valence-corrected chi connectivity index (χ1v) is 13.0. The number of rotatable bonds is 8. The lowest BCUT2D eigenvalue weighted by atomic mass is 10.0. The molecule has 0 atom stereocenters. The van der Waals surface area contributed by atoms with Gasteiger partial charge in [-0.05, 0) is 47.5 Å². The van der Waals surface area contributed by atoms with E-state index in [2.05, 4.69) is 31.4 Å². The van der Waals surface area contributed by atoms with E-state index in [1.807, 2.05) is 48.1 Å². The van der Waals surface area contributed by atoms with Crippen LogP contribution in [0.3, 0.4) is 0 Å². The SMILES string of the molecule is CCn1c(SCC(=O)Nc2scc(-c3ccc(C)cc3)c2C(=O)OC)nnc1-c1ccc(Br)o1. The Morgan fingerprint density at radius 3 is 2.62 bits per heavy atom. The van der Waals surface area contributed by atoms with E-state index in [4.69, 9.17) is 9.15 Å². The molecule has 0 saturated carbocycles. The number of esters is 1. The smallest absolute Gasteiger partial charge is 0.341 e. The third-order valence-corrected chi connectivity index (χ3v) is 7.24. The molecule has 3 aromatic heterocycles. The second-order valence-corrected chi connectivity index (χ2v) is 9.81. The van der Waals surface area contributed by atoms with Gasteiger partial charge in [0.15, 0.2) is 15.6 Å². The van der Waals surface area contributed by atoms with Gasteiger partial charge in [0.25, 0.3) is 0 Å². The van der Waals surface area contributed by atoms with E-state index >= 15 is 0 Å². The van der Waals surface area contributed by atoms with Crippen molar-refractivity contribution in [3.05, 3.63) is 57.6 Å². The van der Waals surface area contributed by atoms with Gasteiger partial charge in [0.1, 0.15) is 10.6 Å². The number of methoxy groups -OCH3 is 1. The molecule has 1 N–H and O–H groups in total. The average molecular weight is 561 g/mol. The molecule has 0 spiro atoms. The van der Waals surface area contributed by atoms with Crippen LogP contribution in [0.15, 0.2) is 56.0 Å². The molecule has 11 heteroatoms. The van der Waals surface area contributed by atoms with Crippen LogP contribution in [-0.4, -0.2) is 39.5 Å². The zero-order valence-corrected chi connectivity index (χ0v) is 21.8. The summed E-state index contributed by atoms with van der Waals surface area (Å²) < 4.78 is 13.0. The number of benzene rings is 1. The lowest BCUT2D eigenvalue weighted by Gasteiger charge is -2.08. The van der Waals surface area contributed by atoms with E-state index in [0.717, 1.165) is 16.7 Å². The lowest BCUT2D eigenvalue weighted by Crippen LogP contribution is -2.16. The molecule has 0 aliphatic carbocycles. The maximum absolute atomic E-state index is 12.8. The number of carbonyl (C=O) groups is 2. The number of thioether (sulfide) groups is 1. The summed E-state index contributed by atoms with van der Waals surface area (Å²) in [6, 6.07) is 11.4. The topological polar surface area (TPSA) is 99.2 Å². The van der Waals surface area contributed by atoms with Gasteiger partial charge in [-0.1, -0.05) is 41.6 Å². The van der Waals surface area contributed by atoms with Crippen molar-refractivity contribution in [1.82, 2.24) is 14.8 Å². The summed E-state index contributed by atoms with van der Waals surface area (Å²) in [5.41, 5.74) is 3.06. The Morgan fingerprint density at radius 2 is 1.97 bits per heavy atom. The van der Waals surface area contributed by atoms with Crippen molar-refractivity contribution < 1.29 is 18.7 Å². The molecule has 0 radical (unpaired) electrons. The Bertz CT molecular complexity index is 1330. The van der Waals surface area contributed by atoms with E-state index in [1.165, 1.54) is 30.2 Å². The molecule has 4 aromatic rings.